The summed E-state index contributed by atoms with van der Waals surface area (Å²) >= 11 is 3.46. The minimum absolute atomic E-state index is 0. The number of aromatic nitrogens is 2. The fraction of sp³-hybridized carbons (Fsp3) is 0.611. The molecule has 6 nitrogen and oxygen atoms in total. The zero-order valence-electron chi connectivity index (χ0n) is 16.2. The van der Waals surface area contributed by atoms with E-state index in [1.54, 1.807) is 22.7 Å². The summed E-state index contributed by atoms with van der Waals surface area (Å²) in [6.07, 6.45) is 4.36. The summed E-state index contributed by atoms with van der Waals surface area (Å²) in [6, 6.07) is 0. The Hall–Kier alpha value is -0.780. The number of aliphatic imine (C=N–C) groups is 1. The van der Waals surface area contributed by atoms with Crippen molar-refractivity contribution in [2.24, 2.45) is 10.9 Å². The summed E-state index contributed by atoms with van der Waals surface area (Å²) in [5.74, 6) is 1.56. The van der Waals surface area contributed by atoms with Crippen LogP contribution in [0.25, 0.3) is 0 Å². The Morgan fingerprint density at radius 3 is 2.67 bits per heavy atom. The molecule has 0 unspecified atom stereocenters. The van der Waals surface area contributed by atoms with Crippen molar-refractivity contribution >= 4 is 52.6 Å². The van der Waals surface area contributed by atoms with Crippen molar-refractivity contribution in [3.63, 3.8) is 0 Å². The first kappa shape index (κ1) is 22.5. The number of halogens is 1. The van der Waals surface area contributed by atoms with Crippen LogP contribution in [0, 0.1) is 19.8 Å². The predicted molar refractivity (Wildman–Crippen MR) is 125 cm³/mol. The van der Waals surface area contributed by atoms with Crippen molar-refractivity contribution in [2.45, 2.75) is 39.8 Å². The maximum absolute atomic E-state index is 4.58. The van der Waals surface area contributed by atoms with Gasteiger partial charge >= 0.3 is 0 Å². The normalized spacial score (nSPS) is 16.2. The smallest absolute Gasteiger partial charge is 0.191 e. The van der Waals surface area contributed by atoms with Crippen LogP contribution in [0.2, 0.25) is 0 Å². The van der Waals surface area contributed by atoms with Gasteiger partial charge in [-0.05, 0) is 45.7 Å². The standard InChI is InChI=1S/C18H28N6S2.HI/c1-13-8-20-17(26-13)10-22-18(19-3)21-9-15-4-6-24(7-5-15)11-16-12-25-14(2)23-16;/h8,12,15H,4-7,9-11H2,1-3H3,(H2,19,21,22);1H. The first-order valence-corrected chi connectivity index (χ1v) is 10.8. The molecule has 0 amide bonds. The van der Waals surface area contributed by atoms with E-state index >= 15 is 0 Å². The molecule has 3 rings (SSSR count). The van der Waals surface area contributed by atoms with E-state index in [0.29, 0.717) is 5.92 Å². The molecule has 150 valence electrons. The van der Waals surface area contributed by atoms with Gasteiger partial charge in [-0.15, -0.1) is 46.7 Å². The Balaban J connectivity index is 0.00000261. The van der Waals surface area contributed by atoms with E-state index in [9.17, 15) is 0 Å². The van der Waals surface area contributed by atoms with Gasteiger partial charge in [0.05, 0.1) is 17.2 Å². The Morgan fingerprint density at radius 1 is 1.30 bits per heavy atom. The number of hydrogen-bond acceptors (Lipinski definition) is 6. The molecule has 0 bridgehead atoms. The Labute approximate surface area is 186 Å². The molecule has 0 aliphatic carbocycles. The van der Waals surface area contributed by atoms with Crippen LogP contribution in [-0.2, 0) is 13.1 Å². The van der Waals surface area contributed by atoms with Gasteiger partial charge in [-0.1, -0.05) is 0 Å². The van der Waals surface area contributed by atoms with E-state index in [2.05, 4.69) is 49.7 Å². The molecule has 2 aromatic heterocycles. The lowest BCUT2D eigenvalue weighted by Crippen LogP contribution is -2.42. The largest absolute Gasteiger partial charge is 0.356 e. The molecule has 2 N–H and O–H groups in total. The zero-order chi connectivity index (χ0) is 18.4. The van der Waals surface area contributed by atoms with Gasteiger partial charge in [0.2, 0.25) is 0 Å². The number of piperidine rings is 1. The minimum atomic E-state index is 0. The summed E-state index contributed by atoms with van der Waals surface area (Å²) < 4.78 is 0. The molecular formula is C18H29IN6S2. The van der Waals surface area contributed by atoms with Crippen molar-refractivity contribution in [1.29, 1.82) is 0 Å². The number of thiazole rings is 2. The van der Waals surface area contributed by atoms with Crippen molar-refractivity contribution in [3.8, 4) is 0 Å². The van der Waals surface area contributed by atoms with Gasteiger partial charge in [0.25, 0.3) is 0 Å². The van der Waals surface area contributed by atoms with Gasteiger partial charge in [0, 0.05) is 36.6 Å². The number of guanidine groups is 1. The molecule has 9 heteroatoms. The molecule has 0 atom stereocenters. The number of hydrogen-bond donors (Lipinski definition) is 2. The van der Waals surface area contributed by atoms with Crippen LogP contribution in [0.15, 0.2) is 16.6 Å². The molecule has 0 spiro atoms. The molecule has 1 fully saturated rings. The third-order valence-electron chi connectivity index (χ3n) is 4.62. The third-order valence-corrected chi connectivity index (χ3v) is 6.35. The summed E-state index contributed by atoms with van der Waals surface area (Å²) in [6.45, 7) is 9.13. The highest BCUT2D eigenvalue weighted by atomic mass is 127. The van der Waals surface area contributed by atoms with Crippen LogP contribution < -0.4 is 10.6 Å². The van der Waals surface area contributed by atoms with Crippen LogP contribution >= 0.6 is 46.7 Å². The van der Waals surface area contributed by atoms with Crippen LogP contribution in [0.3, 0.4) is 0 Å². The van der Waals surface area contributed by atoms with Crippen LogP contribution in [0.5, 0.6) is 0 Å². The zero-order valence-corrected chi connectivity index (χ0v) is 20.2. The third kappa shape index (κ3) is 7.28. The van der Waals surface area contributed by atoms with Gasteiger partial charge in [0.1, 0.15) is 5.01 Å². The average Bonchev–Trinajstić information content (AvgIpc) is 3.24. The molecule has 1 aliphatic rings. The number of rotatable bonds is 6. The molecular weight excluding hydrogens is 491 g/mol. The fourth-order valence-electron chi connectivity index (χ4n) is 3.16. The monoisotopic (exact) mass is 520 g/mol. The number of likely N-dealkylation sites (tertiary alicyclic amines) is 1. The topological polar surface area (TPSA) is 65.4 Å². The molecule has 1 aliphatic heterocycles. The fourth-order valence-corrected chi connectivity index (χ4v) is 4.49. The second-order valence-corrected chi connectivity index (χ2v) is 9.13. The van der Waals surface area contributed by atoms with Crippen molar-refractivity contribution < 1.29 is 0 Å². The highest BCUT2D eigenvalue weighted by Gasteiger charge is 2.20. The van der Waals surface area contributed by atoms with E-state index < -0.39 is 0 Å². The SMILES string of the molecule is CN=C(NCc1ncc(C)s1)NCC1CCN(Cc2csc(C)n2)CC1.I. The summed E-state index contributed by atoms with van der Waals surface area (Å²) in [7, 11) is 1.82. The van der Waals surface area contributed by atoms with E-state index in [1.165, 1.54) is 23.4 Å². The first-order chi connectivity index (χ1) is 12.6. The van der Waals surface area contributed by atoms with Gasteiger partial charge in [0.15, 0.2) is 5.96 Å². The first-order valence-electron chi connectivity index (χ1n) is 9.11. The van der Waals surface area contributed by atoms with Gasteiger partial charge in [-0.2, -0.15) is 0 Å². The van der Waals surface area contributed by atoms with Crippen molar-refractivity contribution in [1.82, 2.24) is 25.5 Å². The summed E-state index contributed by atoms with van der Waals surface area (Å²) in [4.78, 5) is 17.0. The molecule has 0 saturated carbocycles. The predicted octanol–water partition coefficient (Wildman–Crippen LogP) is 3.41. The maximum Gasteiger partial charge on any atom is 0.191 e. The molecule has 0 radical (unpaired) electrons. The lowest BCUT2D eigenvalue weighted by Gasteiger charge is -2.31. The quantitative estimate of drug-likeness (QED) is 0.347. The van der Waals surface area contributed by atoms with Gasteiger partial charge in [-0.25, -0.2) is 9.97 Å². The molecule has 27 heavy (non-hydrogen) atoms. The molecule has 0 aromatic carbocycles. The van der Waals surface area contributed by atoms with E-state index in [4.69, 9.17) is 0 Å². The van der Waals surface area contributed by atoms with Crippen molar-refractivity contribution in [3.05, 3.63) is 32.2 Å². The minimum Gasteiger partial charge on any atom is -0.356 e. The Kier molecular flexibility index (Phi) is 9.40. The lowest BCUT2D eigenvalue weighted by atomic mass is 9.97. The summed E-state index contributed by atoms with van der Waals surface area (Å²) in [5, 5.41) is 11.3. The highest BCUT2D eigenvalue weighted by molar-refractivity contribution is 14.0. The Bertz CT molecular complexity index is 721. The van der Waals surface area contributed by atoms with E-state index in [0.717, 1.165) is 48.7 Å². The number of aryl methyl sites for hydroxylation is 2. The van der Waals surface area contributed by atoms with Crippen molar-refractivity contribution in [2.75, 3.05) is 26.7 Å². The number of nitrogens with zero attached hydrogens (tertiary/aromatic N) is 4. The maximum atomic E-state index is 4.58. The Morgan fingerprint density at radius 2 is 2.07 bits per heavy atom. The molecule has 3 heterocycles. The van der Waals surface area contributed by atoms with Gasteiger partial charge < -0.3 is 10.6 Å². The lowest BCUT2D eigenvalue weighted by molar-refractivity contribution is 0.176. The average molecular weight is 521 g/mol. The van der Waals surface area contributed by atoms with Crippen LogP contribution in [0.1, 0.15) is 33.4 Å². The van der Waals surface area contributed by atoms with Crippen LogP contribution in [0.4, 0.5) is 0 Å². The second-order valence-electron chi connectivity index (χ2n) is 6.75. The number of nitrogens with one attached hydrogen (secondary N) is 2. The molecule has 1 saturated heterocycles. The van der Waals surface area contributed by atoms with E-state index in [1.807, 2.05) is 13.2 Å². The molecule has 2 aromatic rings. The highest BCUT2D eigenvalue weighted by Crippen LogP contribution is 2.19. The summed E-state index contributed by atoms with van der Waals surface area (Å²) in [5.41, 5.74) is 1.21. The second kappa shape index (κ2) is 11.3. The van der Waals surface area contributed by atoms with E-state index in [-0.39, 0.29) is 24.0 Å². The van der Waals surface area contributed by atoms with Gasteiger partial charge in [-0.3, -0.25) is 9.89 Å². The van der Waals surface area contributed by atoms with Crippen LogP contribution in [-0.4, -0.2) is 47.5 Å².